The Hall–Kier alpha value is -2.25. The number of piperidine rings is 1. The van der Waals surface area contributed by atoms with Gasteiger partial charge in [-0.25, -0.2) is 8.42 Å². The molecule has 31 heavy (non-hydrogen) atoms. The SMILES string of the molecule is CC[C@@H](C(=O)Nc1ccc(N2CCCCC2)cc1)N(c1ccc(C)c(Cl)c1)S(C)(=O)=O. The van der Waals surface area contributed by atoms with Crippen molar-refractivity contribution in [1.82, 2.24) is 0 Å². The molecule has 1 aliphatic rings. The number of sulfonamides is 1. The highest BCUT2D eigenvalue weighted by molar-refractivity contribution is 7.92. The lowest BCUT2D eigenvalue weighted by Crippen LogP contribution is -2.47. The number of rotatable bonds is 7. The molecule has 1 N–H and O–H groups in total. The largest absolute Gasteiger partial charge is 0.372 e. The number of nitrogens with one attached hydrogen (secondary N) is 1. The predicted molar refractivity (Wildman–Crippen MR) is 129 cm³/mol. The Kier molecular flexibility index (Phi) is 7.49. The summed E-state index contributed by atoms with van der Waals surface area (Å²) >= 11 is 6.22. The molecule has 3 rings (SSSR count). The van der Waals surface area contributed by atoms with Gasteiger partial charge in [0.25, 0.3) is 0 Å². The molecule has 0 saturated carbocycles. The van der Waals surface area contributed by atoms with Crippen LogP contribution in [0.1, 0.15) is 38.2 Å². The second-order valence-electron chi connectivity index (χ2n) is 8.00. The fourth-order valence-corrected chi connectivity index (χ4v) is 5.29. The molecule has 1 aliphatic heterocycles. The number of hydrogen-bond donors (Lipinski definition) is 1. The van der Waals surface area contributed by atoms with Crippen LogP contribution in [0.2, 0.25) is 5.02 Å². The van der Waals surface area contributed by atoms with Crippen molar-refractivity contribution in [2.75, 3.05) is 33.9 Å². The van der Waals surface area contributed by atoms with E-state index in [1.807, 2.05) is 31.2 Å². The molecule has 8 heteroatoms. The van der Waals surface area contributed by atoms with E-state index in [2.05, 4.69) is 10.2 Å². The van der Waals surface area contributed by atoms with Gasteiger partial charge in [-0.1, -0.05) is 24.6 Å². The zero-order valence-corrected chi connectivity index (χ0v) is 19.8. The second kappa shape index (κ2) is 9.92. The molecule has 0 spiro atoms. The summed E-state index contributed by atoms with van der Waals surface area (Å²) < 4.78 is 26.4. The van der Waals surface area contributed by atoms with Crippen molar-refractivity contribution in [3.63, 3.8) is 0 Å². The Morgan fingerprint density at radius 2 is 1.77 bits per heavy atom. The van der Waals surface area contributed by atoms with E-state index in [0.29, 0.717) is 22.8 Å². The average molecular weight is 464 g/mol. The van der Waals surface area contributed by atoms with Gasteiger partial charge in [0, 0.05) is 29.5 Å². The number of nitrogens with zero attached hydrogens (tertiary/aromatic N) is 2. The van der Waals surface area contributed by atoms with Gasteiger partial charge in [0.05, 0.1) is 11.9 Å². The van der Waals surface area contributed by atoms with Gasteiger partial charge in [-0.2, -0.15) is 0 Å². The number of carbonyl (C=O) groups is 1. The minimum Gasteiger partial charge on any atom is -0.372 e. The van der Waals surface area contributed by atoms with Gasteiger partial charge >= 0.3 is 0 Å². The minimum absolute atomic E-state index is 0.316. The van der Waals surface area contributed by atoms with E-state index in [0.717, 1.165) is 34.9 Å². The van der Waals surface area contributed by atoms with Gasteiger partial charge in [0.15, 0.2) is 0 Å². The number of aryl methyl sites for hydroxylation is 1. The molecule has 0 aromatic heterocycles. The van der Waals surface area contributed by atoms with E-state index in [1.54, 1.807) is 25.1 Å². The molecule has 0 unspecified atom stereocenters. The smallest absolute Gasteiger partial charge is 0.248 e. The molecule has 2 aromatic rings. The monoisotopic (exact) mass is 463 g/mol. The number of hydrogen-bond acceptors (Lipinski definition) is 4. The third-order valence-corrected chi connectivity index (χ3v) is 7.18. The second-order valence-corrected chi connectivity index (χ2v) is 10.3. The van der Waals surface area contributed by atoms with Crippen LogP contribution in [0.3, 0.4) is 0 Å². The van der Waals surface area contributed by atoms with E-state index >= 15 is 0 Å². The molecule has 6 nitrogen and oxygen atoms in total. The Bertz CT molecular complexity index is 1020. The molecule has 0 aliphatic carbocycles. The fourth-order valence-electron chi connectivity index (χ4n) is 3.91. The normalized spacial score (nSPS) is 15.4. The summed E-state index contributed by atoms with van der Waals surface area (Å²) in [6.07, 6.45) is 5.08. The van der Waals surface area contributed by atoms with Gasteiger partial charge in [-0.05, 0) is 74.6 Å². The first-order chi connectivity index (χ1) is 14.7. The lowest BCUT2D eigenvalue weighted by Gasteiger charge is -2.30. The highest BCUT2D eigenvalue weighted by Gasteiger charge is 2.31. The molecule has 1 fully saturated rings. The van der Waals surface area contributed by atoms with Crippen molar-refractivity contribution in [3.8, 4) is 0 Å². The number of anilines is 3. The average Bonchev–Trinajstić information content (AvgIpc) is 2.74. The van der Waals surface area contributed by atoms with Crippen molar-refractivity contribution < 1.29 is 13.2 Å². The first kappa shape index (κ1) is 23.4. The van der Waals surface area contributed by atoms with E-state index in [9.17, 15) is 13.2 Å². The van der Waals surface area contributed by atoms with Gasteiger partial charge in [0.2, 0.25) is 15.9 Å². The fraction of sp³-hybridized carbons (Fsp3) is 0.435. The molecule has 2 aromatic carbocycles. The van der Waals surface area contributed by atoms with E-state index < -0.39 is 16.1 Å². The van der Waals surface area contributed by atoms with Gasteiger partial charge < -0.3 is 10.2 Å². The van der Waals surface area contributed by atoms with Crippen LogP contribution in [-0.4, -0.2) is 39.7 Å². The van der Waals surface area contributed by atoms with Crippen LogP contribution in [0.15, 0.2) is 42.5 Å². The molecule has 0 bridgehead atoms. The van der Waals surface area contributed by atoms with E-state index in [4.69, 9.17) is 11.6 Å². The lowest BCUT2D eigenvalue weighted by molar-refractivity contribution is -0.117. The molecule has 1 amide bonds. The minimum atomic E-state index is -3.71. The Morgan fingerprint density at radius 3 is 2.32 bits per heavy atom. The van der Waals surface area contributed by atoms with E-state index in [-0.39, 0.29) is 5.91 Å². The zero-order valence-electron chi connectivity index (χ0n) is 18.3. The van der Waals surface area contributed by atoms with Crippen LogP contribution in [-0.2, 0) is 14.8 Å². The molecule has 168 valence electrons. The van der Waals surface area contributed by atoms with Crippen molar-refractivity contribution in [2.45, 2.75) is 45.6 Å². The van der Waals surface area contributed by atoms with Gasteiger partial charge in [-0.3, -0.25) is 9.10 Å². The lowest BCUT2D eigenvalue weighted by atomic mass is 10.1. The Morgan fingerprint density at radius 1 is 1.13 bits per heavy atom. The topological polar surface area (TPSA) is 69.7 Å². The third-order valence-electron chi connectivity index (χ3n) is 5.60. The quantitative estimate of drug-likeness (QED) is 0.638. The molecular formula is C23H30ClN3O3S. The highest BCUT2D eigenvalue weighted by atomic mass is 35.5. The maximum atomic E-state index is 13.1. The summed E-state index contributed by atoms with van der Waals surface area (Å²) in [6, 6.07) is 11.8. The van der Waals surface area contributed by atoms with Crippen LogP contribution < -0.4 is 14.5 Å². The van der Waals surface area contributed by atoms with Gasteiger partial charge in [0.1, 0.15) is 6.04 Å². The molecular weight excluding hydrogens is 434 g/mol. The van der Waals surface area contributed by atoms with Crippen molar-refractivity contribution >= 4 is 44.6 Å². The molecule has 1 heterocycles. The summed E-state index contributed by atoms with van der Waals surface area (Å²) in [4.78, 5) is 15.4. The van der Waals surface area contributed by atoms with Crippen LogP contribution in [0.25, 0.3) is 0 Å². The van der Waals surface area contributed by atoms with Crippen LogP contribution in [0, 0.1) is 6.92 Å². The molecule has 1 saturated heterocycles. The summed E-state index contributed by atoms with van der Waals surface area (Å²) in [6.45, 7) is 5.73. The Labute approximate surface area is 190 Å². The number of halogens is 1. The summed E-state index contributed by atoms with van der Waals surface area (Å²) in [5.41, 5.74) is 2.99. The van der Waals surface area contributed by atoms with Gasteiger partial charge in [-0.15, -0.1) is 0 Å². The number of amides is 1. The maximum Gasteiger partial charge on any atom is 0.248 e. The van der Waals surface area contributed by atoms with Crippen LogP contribution in [0.5, 0.6) is 0 Å². The standard InChI is InChI=1S/C23H30ClN3O3S/c1-4-22(27(31(3,29)30)20-11-8-17(2)21(24)16-20)23(28)25-18-9-12-19(13-10-18)26-14-6-5-7-15-26/h8-13,16,22H,4-7,14-15H2,1-3H3,(H,25,28)/t22-/m0/s1. The summed E-state index contributed by atoms with van der Waals surface area (Å²) in [5.74, 6) is -0.379. The van der Waals surface area contributed by atoms with E-state index in [1.165, 1.54) is 19.3 Å². The highest BCUT2D eigenvalue weighted by Crippen LogP contribution is 2.28. The molecule has 1 atom stereocenters. The maximum absolute atomic E-state index is 13.1. The van der Waals surface area contributed by atoms with Crippen LogP contribution in [0.4, 0.5) is 17.1 Å². The predicted octanol–water partition coefficient (Wildman–Crippen LogP) is 4.82. The van der Waals surface area contributed by atoms with Crippen LogP contribution >= 0.6 is 11.6 Å². The summed E-state index contributed by atoms with van der Waals surface area (Å²) in [5, 5.41) is 3.33. The zero-order chi connectivity index (χ0) is 22.6. The number of carbonyl (C=O) groups excluding carboxylic acids is 1. The van der Waals surface area contributed by atoms with Crippen molar-refractivity contribution in [3.05, 3.63) is 53.1 Å². The summed E-state index contributed by atoms with van der Waals surface area (Å²) in [7, 11) is -3.71. The third kappa shape index (κ3) is 5.71. The van der Waals surface area contributed by atoms with Crippen molar-refractivity contribution in [2.24, 2.45) is 0 Å². The Balaban J connectivity index is 1.80. The molecule has 0 radical (unpaired) electrons. The van der Waals surface area contributed by atoms with Crippen molar-refractivity contribution in [1.29, 1.82) is 0 Å². The first-order valence-corrected chi connectivity index (χ1v) is 12.8. The first-order valence-electron chi connectivity index (χ1n) is 10.6. The number of benzene rings is 2.